The van der Waals surface area contributed by atoms with Crippen LogP contribution >= 0.6 is 0 Å². The maximum atomic E-state index is 13.4. The molecule has 0 saturated heterocycles. The molecule has 7 nitrogen and oxygen atoms in total. The van der Waals surface area contributed by atoms with Gasteiger partial charge >= 0.3 is 0 Å². The van der Waals surface area contributed by atoms with Gasteiger partial charge < -0.3 is 16.0 Å². The first kappa shape index (κ1) is 27.8. The summed E-state index contributed by atoms with van der Waals surface area (Å²) in [6.45, 7) is 0.821. The molecule has 1 saturated carbocycles. The van der Waals surface area contributed by atoms with E-state index < -0.39 is 10.0 Å². The highest BCUT2D eigenvalue weighted by molar-refractivity contribution is 7.92. The minimum absolute atomic E-state index is 0.0707. The molecule has 0 aromatic heterocycles. The summed E-state index contributed by atoms with van der Waals surface area (Å²) >= 11 is 0. The summed E-state index contributed by atoms with van der Waals surface area (Å²) in [5, 5.41) is 10.1. The summed E-state index contributed by atoms with van der Waals surface area (Å²) in [4.78, 5) is 13.5. The molecule has 1 aliphatic heterocycles. The molecule has 1 amide bonds. The quantitative estimate of drug-likeness (QED) is 0.163. The van der Waals surface area contributed by atoms with E-state index in [9.17, 15) is 13.2 Å². The molecular formula is C34H34N4O3S. The monoisotopic (exact) mass is 578 g/mol. The summed E-state index contributed by atoms with van der Waals surface area (Å²) in [6.07, 6.45) is 6.41. The first-order chi connectivity index (χ1) is 20.5. The van der Waals surface area contributed by atoms with Gasteiger partial charge in [-0.05, 0) is 66.4 Å². The maximum Gasteiger partial charge on any atom is 0.261 e. The van der Waals surface area contributed by atoms with E-state index in [1.807, 2.05) is 48.5 Å². The fourth-order valence-corrected chi connectivity index (χ4v) is 6.67. The zero-order valence-corrected chi connectivity index (χ0v) is 24.1. The number of para-hydroxylation sites is 1. The standard InChI is InChI=1S/C34H34N4O3S/c39-34-32(30-22-29(20-21-31(30)37-34)42(40,41)38-28-14-8-3-9-15-28)33(25-10-4-1-5-11-25)36-27-18-16-24(17-19-27)23-35-26-12-6-2-7-13-26/h1,3-5,8-11,14-22,26,35-36,38H,2,6-7,12-13,23H2,(H,37,39). The minimum atomic E-state index is -3.88. The number of amides is 1. The van der Waals surface area contributed by atoms with Crippen LogP contribution in [0.4, 0.5) is 17.1 Å². The van der Waals surface area contributed by atoms with E-state index in [4.69, 9.17) is 0 Å². The number of rotatable bonds is 9. The average Bonchev–Trinajstić information content (AvgIpc) is 3.35. The second-order valence-electron chi connectivity index (χ2n) is 10.8. The summed E-state index contributed by atoms with van der Waals surface area (Å²) in [5.74, 6) is -0.296. The molecule has 8 heteroatoms. The molecule has 1 heterocycles. The topological polar surface area (TPSA) is 99.3 Å². The van der Waals surface area contributed by atoms with Gasteiger partial charge in [0.15, 0.2) is 0 Å². The van der Waals surface area contributed by atoms with Crippen LogP contribution in [0.1, 0.15) is 48.8 Å². The molecule has 0 atom stereocenters. The molecule has 1 aliphatic carbocycles. The number of hydrogen-bond acceptors (Lipinski definition) is 5. The number of carbonyl (C=O) groups excluding carboxylic acids is 1. The van der Waals surface area contributed by atoms with Crippen molar-refractivity contribution in [3.05, 3.63) is 120 Å². The lowest BCUT2D eigenvalue weighted by Crippen LogP contribution is -2.30. The molecule has 4 aromatic carbocycles. The van der Waals surface area contributed by atoms with Crippen molar-refractivity contribution in [2.75, 3.05) is 15.4 Å². The van der Waals surface area contributed by atoms with Crippen LogP contribution in [0.15, 0.2) is 108 Å². The van der Waals surface area contributed by atoms with E-state index in [0.717, 1.165) is 17.8 Å². The fraction of sp³-hybridized carbons (Fsp3) is 0.206. The van der Waals surface area contributed by atoms with E-state index in [0.29, 0.717) is 34.3 Å². The number of fused-ring (bicyclic) bond motifs is 1. The third kappa shape index (κ3) is 6.25. The number of anilines is 3. The molecule has 0 spiro atoms. The smallest absolute Gasteiger partial charge is 0.261 e. The van der Waals surface area contributed by atoms with E-state index in [1.165, 1.54) is 43.7 Å². The summed E-state index contributed by atoms with van der Waals surface area (Å²) in [5.41, 5.74) is 5.38. The van der Waals surface area contributed by atoms with Gasteiger partial charge in [0.25, 0.3) is 15.9 Å². The summed E-state index contributed by atoms with van der Waals surface area (Å²) < 4.78 is 29.1. The number of hydrogen-bond donors (Lipinski definition) is 4. The molecule has 0 radical (unpaired) electrons. The van der Waals surface area contributed by atoms with Gasteiger partial charge in [0.1, 0.15) is 0 Å². The van der Waals surface area contributed by atoms with Crippen molar-refractivity contribution in [1.82, 2.24) is 5.32 Å². The number of carbonyl (C=O) groups is 1. The van der Waals surface area contributed by atoms with Gasteiger partial charge in [-0.25, -0.2) is 8.42 Å². The lowest BCUT2D eigenvalue weighted by atomic mass is 9.95. The number of benzene rings is 4. The second kappa shape index (κ2) is 12.2. The molecule has 42 heavy (non-hydrogen) atoms. The Kier molecular flexibility index (Phi) is 8.08. The van der Waals surface area contributed by atoms with Gasteiger partial charge in [-0.15, -0.1) is 0 Å². The third-order valence-corrected chi connectivity index (χ3v) is 9.19. The highest BCUT2D eigenvalue weighted by Crippen LogP contribution is 2.39. The Balaban J connectivity index is 1.31. The molecule has 4 N–H and O–H groups in total. The Labute approximate surface area is 247 Å². The van der Waals surface area contributed by atoms with Crippen molar-refractivity contribution in [3.8, 4) is 0 Å². The van der Waals surface area contributed by atoms with Crippen LogP contribution in [0.5, 0.6) is 0 Å². The van der Waals surface area contributed by atoms with Crippen molar-refractivity contribution < 1.29 is 13.2 Å². The number of nitrogens with one attached hydrogen (secondary N) is 4. The average molecular weight is 579 g/mol. The zero-order chi connectivity index (χ0) is 28.9. The van der Waals surface area contributed by atoms with Gasteiger partial charge in [0.05, 0.1) is 16.2 Å². The largest absolute Gasteiger partial charge is 0.354 e. The van der Waals surface area contributed by atoms with Crippen molar-refractivity contribution in [2.45, 2.75) is 49.6 Å². The molecule has 2 aliphatic rings. The molecule has 0 bridgehead atoms. The SMILES string of the molecule is O=C1Nc2ccc(S(=O)(=O)Nc3ccccc3)cc2C1=C(Nc1ccc(CNC2CCCCC2)cc1)c1ccccc1. The predicted molar refractivity (Wildman–Crippen MR) is 169 cm³/mol. The second-order valence-corrected chi connectivity index (χ2v) is 12.5. The molecule has 1 fully saturated rings. The van der Waals surface area contributed by atoms with Crippen LogP contribution in [0.2, 0.25) is 0 Å². The first-order valence-electron chi connectivity index (χ1n) is 14.4. The van der Waals surface area contributed by atoms with Crippen LogP contribution in [-0.4, -0.2) is 20.4 Å². The van der Waals surface area contributed by atoms with Crippen LogP contribution in [0, 0.1) is 0 Å². The van der Waals surface area contributed by atoms with E-state index in [-0.39, 0.29) is 10.8 Å². The highest BCUT2D eigenvalue weighted by Gasteiger charge is 2.30. The lowest BCUT2D eigenvalue weighted by molar-refractivity contribution is -0.110. The van der Waals surface area contributed by atoms with Gasteiger partial charge in [-0.3, -0.25) is 9.52 Å². The van der Waals surface area contributed by atoms with Crippen LogP contribution in [-0.2, 0) is 21.4 Å². The van der Waals surface area contributed by atoms with Crippen molar-refractivity contribution >= 4 is 44.3 Å². The number of sulfonamides is 1. The van der Waals surface area contributed by atoms with E-state index in [1.54, 1.807) is 36.4 Å². The fourth-order valence-electron chi connectivity index (χ4n) is 5.58. The summed E-state index contributed by atoms with van der Waals surface area (Å²) in [7, 11) is -3.88. The van der Waals surface area contributed by atoms with Gasteiger partial charge in [0.2, 0.25) is 0 Å². The molecular weight excluding hydrogens is 544 g/mol. The summed E-state index contributed by atoms with van der Waals surface area (Å²) in [6, 6.07) is 31.8. The molecule has 6 rings (SSSR count). The minimum Gasteiger partial charge on any atom is -0.354 e. The predicted octanol–water partition coefficient (Wildman–Crippen LogP) is 6.84. The highest BCUT2D eigenvalue weighted by atomic mass is 32.2. The van der Waals surface area contributed by atoms with Crippen LogP contribution in [0.25, 0.3) is 11.3 Å². The van der Waals surface area contributed by atoms with Gasteiger partial charge in [-0.1, -0.05) is 79.9 Å². The Morgan fingerprint density at radius 2 is 1.48 bits per heavy atom. The maximum absolute atomic E-state index is 13.4. The lowest BCUT2D eigenvalue weighted by Gasteiger charge is -2.23. The molecule has 4 aromatic rings. The normalized spacial score (nSPS) is 16.4. The van der Waals surface area contributed by atoms with Crippen LogP contribution < -0.4 is 20.7 Å². The molecule has 0 unspecified atom stereocenters. The van der Waals surface area contributed by atoms with Crippen molar-refractivity contribution in [3.63, 3.8) is 0 Å². The zero-order valence-electron chi connectivity index (χ0n) is 23.3. The Morgan fingerprint density at radius 3 is 2.19 bits per heavy atom. The van der Waals surface area contributed by atoms with Gasteiger partial charge in [-0.2, -0.15) is 0 Å². The van der Waals surface area contributed by atoms with E-state index >= 15 is 0 Å². The Bertz CT molecular complexity index is 1700. The van der Waals surface area contributed by atoms with E-state index in [2.05, 4.69) is 32.8 Å². The van der Waals surface area contributed by atoms with Crippen molar-refractivity contribution in [1.29, 1.82) is 0 Å². The van der Waals surface area contributed by atoms with Gasteiger partial charge in [0, 0.05) is 35.2 Å². The van der Waals surface area contributed by atoms with Crippen LogP contribution in [0.3, 0.4) is 0 Å². The molecule has 214 valence electrons. The Morgan fingerprint density at radius 1 is 0.786 bits per heavy atom. The Hall–Kier alpha value is -4.40. The third-order valence-electron chi connectivity index (χ3n) is 7.81. The van der Waals surface area contributed by atoms with Crippen molar-refractivity contribution in [2.24, 2.45) is 0 Å². The first-order valence-corrected chi connectivity index (χ1v) is 15.9.